The fraction of sp³-hybridized carbons (Fsp3) is 0.438. The molecular weight excluding hydrogens is 326 g/mol. The van der Waals surface area contributed by atoms with Gasteiger partial charge in [-0.05, 0) is 31.2 Å². The molecule has 1 aliphatic heterocycles. The number of benzene rings is 1. The van der Waals surface area contributed by atoms with Crippen molar-refractivity contribution in [3.63, 3.8) is 0 Å². The molecule has 0 saturated carbocycles. The monoisotopic (exact) mass is 347 g/mol. The number of carbonyl (C=O) groups excluding carboxylic acids is 1. The van der Waals surface area contributed by atoms with Crippen molar-refractivity contribution in [2.24, 2.45) is 7.05 Å². The van der Waals surface area contributed by atoms with Crippen LogP contribution in [0.1, 0.15) is 6.92 Å². The molecule has 128 valence electrons. The normalized spacial score (nSPS) is 16.0. The first-order chi connectivity index (χ1) is 11.6. The van der Waals surface area contributed by atoms with Crippen LogP contribution in [0.15, 0.2) is 35.7 Å². The molecule has 8 heteroatoms. The number of nitrogens with one attached hydrogen (secondary N) is 1. The highest BCUT2D eigenvalue weighted by Crippen LogP contribution is 2.23. The van der Waals surface area contributed by atoms with Crippen LogP contribution < -0.4 is 10.2 Å². The predicted octanol–water partition coefficient (Wildman–Crippen LogP) is 1.77. The van der Waals surface area contributed by atoms with Gasteiger partial charge in [-0.15, -0.1) is 10.2 Å². The molecule has 1 saturated heterocycles. The lowest BCUT2D eigenvalue weighted by Crippen LogP contribution is -2.36. The topological polar surface area (TPSA) is 72.3 Å². The summed E-state index contributed by atoms with van der Waals surface area (Å²) in [5, 5.41) is 11.2. The lowest BCUT2D eigenvalue weighted by Gasteiger charge is -2.28. The molecule has 0 radical (unpaired) electrons. The molecule has 3 rings (SSSR count). The molecule has 0 unspecified atom stereocenters. The summed E-state index contributed by atoms with van der Waals surface area (Å²) >= 11 is 1.39. The van der Waals surface area contributed by atoms with Crippen LogP contribution in [0.4, 0.5) is 11.4 Å². The maximum Gasteiger partial charge on any atom is 0.237 e. The van der Waals surface area contributed by atoms with Gasteiger partial charge in [0, 0.05) is 31.5 Å². The van der Waals surface area contributed by atoms with Crippen LogP contribution in [-0.2, 0) is 16.6 Å². The van der Waals surface area contributed by atoms with Crippen LogP contribution in [-0.4, -0.2) is 52.2 Å². The molecule has 2 aromatic rings. The van der Waals surface area contributed by atoms with E-state index in [0.29, 0.717) is 0 Å². The summed E-state index contributed by atoms with van der Waals surface area (Å²) in [7, 11) is 1.86. The lowest BCUT2D eigenvalue weighted by molar-refractivity contribution is -0.115. The van der Waals surface area contributed by atoms with Crippen LogP contribution in [0.5, 0.6) is 0 Å². The average Bonchev–Trinajstić information content (AvgIpc) is 3.01. The van der Waals surface area contributed by atoms with Gasteiger partial charge in [0.1, 0.15) is 6.33 Å². The van der Waals surface area contributed by atoms with Crippen molar-refractivity contribution < 1.29 is 9.53 Å². The van der Waals surface area contributed by atoms with Gasteiger partial charge in [0.15, 0.2) is 5.16 Å². The van der Waals surface area contributed by atoms with E-state index in [4.69, 9.17) is 4.74 Å². The first-order valence-corrected chi connectivity index (χ1v) is 8.76. The van der Waals surface area contributed by atoms with E-state index in [1.165, 1.54) is 11.8 Å². The van der Waals surface area contributed by atoms with Crippen LogP contribution >= 0.6 is 11.8 Å². The van der Waals surface area contributed by atoms with Crippen molar-refractivity contribution in [2.45, 2.75) is 17.3 Å². The van der Waals surface area contributed by atoms with Gasteiger partial charge in [0.25, 0.3) is 0 Å². The number of nitrogens with zero attached hydrogens (tertiary/aromatic N) is 4. The second-order valence-electron chi connectivity index (χ2n) is 5.62. The molecule has 1 fully saturated rings. The zero-order chi connectivity index (χ0) is 16.9. The molecule has 1 N–H and O–H groups in total. The Labute approximate surface area is 145 Å². The minimum absolute atomic E-state index is 0.0536. The summed E-state index contributed by atoms with van der Waals surface area (Å²) < 4.78 is 7.16. The molecule has 7 nitrogen and oxygen atoms in total. The van der Waals surface area contributed by atoms with Gasteiger partial charge >= 0.3 is 0 Å². The number of aromatic nitrogens is 3. The van der Waals surface area contributed by atoms with Crippen LogP contribution in [0.2, 0.25) is 0 Å². The predicted molar refractivity (Wildman–Crippen MR) is 94.4 cm³/mol. The van der Waals surface area contributed by atoms with Gasteiger partial charge in [0.2, 0.25) is 5.91 Å². The summed E-state index contributed by atoms with van der Waals surface area (Å²) in [5.41, 5.74) is 1.94. The number of anilines is 2. The number of aryl methyl sites for hydroxylation is 1. The summed E-state index contributed by atoms with van der Waals surface area (Å²) in [6.07, 6.45) is 1.62. The van der Waals surface area contributed by atoms with E-state index < -0.39 is 0 Å². The number of hydrogen-bond acceptors (Lipinski definition) is 6. The molecular formula is C16H21N5O2S. The Morgan fingerprint density at radius 1 is 1.29 bits per heavy atom. The number of rotatable bonds is 5. The van der Waals surface area contributed by atoms with E-state index in [1.807, 2.05) is 38.2 Å². The Bertz CT molecular complexity index is 682. The molecule has 0 spiro atoms. The molecule has 2 heterocycles. The summed E-state index contributed by atoms with van der Waals surface area (Å²) in [6, 6.07) is 7.92. The van der Waals surface area contributed by atoms with Crippen molar-refractivity contribution in [3.05, 3.63) is 30.6 Å². The quantitative estimate of drug-likeness (QED) is 0.831. The van der Waals surface area contributed by atoms with Gasteiger partial charge in [-0.3, -0.25) is 4.79 Å². The summed E-state index contributed by atoms with van der Waals surface area (Å²) in [5.74, 6) is -0.0536. The smallest absolute Gasteiger partial charge is 0.237 e. The number of thioether (sulfide) groups is 1. The van der Waals surface area contributed by atoms with Crippen molar-refractivity contribution in [1.29, 1.82) is 0 Å². The van der Waals surface area contributed by atoms with E-state index in [-0.39, 0.29) is 11.2 Å². The largest absolute Gasteiger partial charge is 0.378 e. The summed E-state index contributed by atoms with van der Waals surface area (Å²) in [6.45, 7) is 5.18. The molecule has 1 atom stereocenters. The molecule has 24 heavy (non-hydrogen) atoms. The van der Waals surface area contributed by atoms with Crippen molar-refractivity contribution in [3.8, 4) is 0 Å². The second kappa shape index (κ2) is 7.67. The molecule has 1 aliphatic rings. The van der Waals surface area contributed by atoms with Crippen molar-refractivity contribution in [1.82, 2.24) is 14.8 Å². The molecule has 0 aliphatic carbocycles. The van der Waals surface area contributed by atoms with Crippen molar-refractivity contribution >= 4 is 29.0 Å². The average molecular weight is 347 g/mol. The van der Waals surface area contributed by atoms with E-state index in [1.54, 1.807) is 10.9 Å². The lowest BCUT2D eigenvalue weighted by atomic mass is 10.2. The minimum atomic E-state index is -0.258. The van der Waals surface area contributed by atoms with Gasteiger partial charge in [-0.1, -0.05) is 11.8 Å². The third-order valence-corrected chi connectivity index (χ3v) is 4.98. The molecule has 0 bridgehead atoms. The SMILES string of the molecule is C[C@H](Sc1nncn1C)C(=O)Nc1ccc(N2CCOCC2)cc1. The highest BCUT2D eigenvalue weighted by Gasteiger charge is 2.17. The van der Waals surface area contributed by atoms with E-state index in [2.05, 4.69) is 20.4 Å². The Hall–Kier alpha value is -2.06. The van der Waals surface area contributed by atoms with Crippen molar-refractivity contribution in [2.75, 3.05) is 36.5 Å². The third kappa shape index (κ3) is 4.07. The first kappa shape index (κ1) is 16.8. The Morgan fingerprint density at radius 2 is 2.00 bits per heavy atom. The Kier molecular flexibility index (Phi) is 5.37. The highest BCUT2D eigenvalue weighted by atomic mass is 32.2. The van der Waals surface area contributed by atoms with Gasteiger partial charge in [-0.25, -0.2) is 0 Å². The molecule has 1 amide bonds. The number of hydrogen-bond donors (Lipinski definition) is 1. The second-order valence-corrected chi connectivity index (χ2v) is 6.93. The third-order valence-electron chi connectivity index (χ3n) is 3.83. The van der Waals surface area contributed by atoms with Gasteiger partial charge in [0.05, 0.1) is 18.5 Å². The minimum Gasteiger partial charge on any atom is -0.378 e. The Balaban J connectivity index is 1.56. The van der Waals surface area contributed by atoms with Crippen LogP contribution in [0, 0.1) is 0 Å². The number of carbonyl (C=O) groups is 1. The number of amides is 1. The maximum atomic E-state index is 12.3. The first-order valence-electron chi connectivity index (χ1n) is 7.88. The summed E-state index contributed by atoms with van der Waals surface area (Å²) in [4.78, 5) is 14.6. The van der Waals surface area contributed by atoms with Crippen LogP contribution in [0.3, 0.4) is 0 Å². The van der Waals surface area contributed by atoms with E-state index in [0.717, 1.165) is 42.8 Å². The van der Waals surface area contributed by atoms with Crippen LogP contribution in [0.25, 0.3) is 0 Å². The number of morpholine rings is 1. The fourth-order valence-electron chi connectivity index (χ4n) is 2.41. The molecule has 1 aromatic heterocycles. The fourth-order valence-corrected chi connectivity index (χ4v) is 3.20. The zero-order valence-electron chi connectivity index (χ0n) is 13.8. The maximum absolute atomic E-state index is 12.3. The standard InChI is InChI=1S/C16H21N5O2S/c1-12(24-16-19-17-11-20(16)2)15(22)18-13-3-5-14(6-4-13)21-7-9-23-10-8-21/h3-6,11-12H,7-10H2,1-2H3,(H,18,22)/t12-/m0/s1. The van der Waals surface area contributed by atoms with Gasteiger partial charge < -0.3 is 19.5 Å². The van der Waals surface area contributed by atoms with Gasteiger partial charge in [-0.2, -0.15) is 0 Å². The molecule has 1 aromatic carbocycles. The number of ether oxygens (including phenoxy) is 1. The Morgan fingerprint density at radius 3 is 2.62 bits per heavy atom. The zero-order valence-corrected chi connectivity index (χ0v) is 14.6. The van der Waals surface area contributed by atoms with E-state index in [9.17, 15) is 4.79 Å². The van der Waals surface area contributed by atoms with E-state index >= 15 is 0 Å². The highest BCUT2D eigenvalue weighted by molar-refractivity contribution is 8.00.